The highest BCUT2D eigenvalue weighted by Crippen LogP contribution is 2.34. The van der Waals surface area contributed by atoms with Gasteiger partial charge in [0.2, 0.25) is 0 Å². The smallest absolute Gasteiger partial charge is 0.133 e. The third kappa shape index (κ3) is 2.33. The number of alkyl halides is 1. The van der Waals surface area contributed by atoms with Crippen LogP contribution in [-0.2, 0) is 4.87 Å². The van der Waals surface area contributed by atoms with E-state index in [1.807, 2.05) is 25.1 Å². The van der Waals surface area contributed by atoms with Gasteiger partial charge in [0.1, 0.15) is 5.58 Å². The van der Waals surface area contributed by atoms with Crippen LogP contribution in [0, 0.1) is 0 Å². The van der Waals surface area contributed by atoms with Gasteiger partial charge in [0.05, 0.1) is 11.1 Å². The average Bonchev–Trinajstić information content (AvgIpc) is 2.76. The van der Waals surface area contributed by atoms with Gasteiger partial charge in [0, 0.05) is 11.4 Å². The summed E-state index contributed by atoms with van der Waals surface area (Å²) in [5, 5.41) is 4.47. The molecule has 0 bridgehead atoms. The third-order valence-electron chi connectivity index (χ3n) is 3.34. The van der Waals surface area contributed by atoms with Crippen molar-refractivity contribution in [1.82, 2.24) is 5.32 Å². The fourth-order valence-corrected chi connectivity index (χ4v) is 2.21. The number of rotatable bonds is 4. The van der Waals surface area contributed by atoms with Gasteiger partial charge in [-0.1, -0.05) is 13.0 Å². The topological polar surface area (TPSA) is 25.2 Å². The molecule has 0 saturated carbocycles. The summed E-state index contributed by atoms with van der Waals surface area (Å²) in [7, 11) is 0. The van der Waals surface area contributed by atoms with Crippen molar-refractivity contribution in [2.75, 3.05) is 6.54 Å². The fourth-order valence-electron chi connectivity index (χ4n) is 2.02. The van der Waals surface area contributed by atoms with Crippen LogP contribution >= 0.6 is 11.6 Å². The first-order valence-corrected chi connectivity index (χ1v) is 6.33. The van der Waals surface area contributed by atoms with Gasteiger partial charge in [-0.15, -0.1) is 11.6 Å². The van der Waals surface area contributed by atoms with Crippen LogP contribution in [0.3, 0.4) is 0 Å². The van der Waals surface area contributed by atoms with Crippen molar-refractivity contribution in [3.8, 4) is 0 Å². The zero-order valence-electron chi connectivity index (χ0n) is 10.5. The highest BCUT2D eigenvalue weighted by molar-refractivity contribution is 6.24. The first kappa shape index (κ1) is 12.5. The summed E-state index contributed by atoms with van der Waals surface area (Å²) < 4.78 is 5.33. The molecule has 1 N–H and O–H groups in total. The predicted octanol–water partition coefficient (Wildman–Crippen LogP) is 3.88. The van der Waals surface area contributed by atoms with Gasteiger partial charge < -0.3 is 9.73 Å². The molecule has 0 radical (unpaired) electrons. The highest BCUT2D eigenvalue weighted by Gasteiger charge is 2.30. The summed E-state index contributed by atoms with van der Waals surface area (Å²) in [6.45, 7) is 7.15. The molecular formula is C14H18ClNO. The van der Waals surface area contributed by atoms with Gasteiger partial charge in [0.15, 0.2) is 0 Å². The number of hydrogen-bond acceptors (Lipinski definition) is 2. The molecule has 1 aromatic heterocycles. The van der Waals surface area contributed by atoms with Crippen molar-refractivity contribution in [2.45, 2.75) is 31.7 Å². The summed E-state index contributed by atoms with van der Waals surface area (Å²) in [6.07, 6.45) is 1.70. The Bertz CT molecular complexity index is 504. The number of hydrogen-bond donors (Lipinski definition) is 1. The minimum absolute atomic E-state index is 0.207. The van der Waals surface area contributed by atoms with Gasteiger partial charge in [-0.05, 0) is 44.2 Å². The van der Waals surface area contributed by atoms with Crippen molar-refractivity contribution in [1.29, 1.82) is 0 Å². The van der Waals surface area contributed by atoms with Crippen molar-refractivity contribution >= 4 is 22.6 Å². The Morgan fingerprint density at radius 1 is 1.41 bits per heavy atom. The largest absolute Gasteiger partial charge is 0.464 e. The minimum atomic E-state index is -0.415. The van der Waals surface area contributed by atoms with Gasteiger partial charge >= 0.3 is 0 Å². The average molecular weight is 252 g/mol. The van der Waals surface area contributed by atoms with Crippen LogP contribution in [-0.4, -0.2) is 12.6 Å². The molecule has 2 aromatic rings. The molecule has 0 spiro atoms. The van der Waals surface area contributed by atoms with E-state index < -0.39 is 4.87 Å². The third-order valence-corrected chi connectivity index (χ3v) is 3.89. The maximum Gasteiger partial charge on any atom is 0.133 e. The van der Waals surface area contributed by atoms with E-state index in [9.17, 15) is 0 Å². The minimum Gasteiger partial charge on any atom is -0.464 e. The van der Waals surface area contributed by atoms with Crippen LogP contribution in [0.4, 0.5) is 0 Å². The molecular weight excluding hydrogens is 234 g/mol. The molecule has 92 valence electrons. The van der Waals surface area contributed by atoms with E-state index >= 15 is 0 Å². The SMILES string of the molecule is CCNC(C)C(C)(Cl)c1ccc2occc2c1. The van der Waals surface area contributed by atoms with E-state index in [2.05, 4.69) is 25.2 Å². The maximum atomic E-state index is 6.67. The van der Waals surface area contributed by atoms with Gasteiger partial charge in [-0.25, -0.2) is 0 Å². The normalized spacial score (nSPS) is 16.9. The maximum absolute atomic E-state index is 6.67. The van der Waals surface area contributed by atoms with Crippen molar-refractivity contribution in [3.05, 3.63) is 36.1 Å². The van der Waals surface area contributed by atoms with E-state index in [1.165, 1.54) is 0 Å². The monoisotopic (exact) mass is 251 g/mol. The molecule has 2 unspecified atom stereocenters. The summed E-state index contributed by atoms with van der Waals surface area (Å²) in [4.78, 5) is -0.415. The first-order valence-electron chi connectivity index (χ1n) is 5.95. The van der Waals surface area contributed by atoms with E-state index in [0.717, 1.165) is 23.1 Å². The molecule has 17 heavy (non-hydrogen) atoms. The lowest BCUT2D eigenvalue weighted by molar-refractivity contribution is 0.451. The Hall–Kier alpha value is -0.990. The first-order chi connectivity index (χ1) is 8.05. The van der Waals surface area contributed by atoms with E-state index in [4.69, 9.17) is 16.0 Å². The van der Waals surface area contributed by atoms with Crippen LogP contribution in [0.15, 0.2) is 34.9 Å². The molecule has 2 nitrogen and oxygen atoms in total. The van der Waals surface area contributed by atoms with Crippen LogP contribution in [0.1, 0.15) is 26.3 Å². The van der Waals surface area contributed by atoms with Crippen LogP contribution in [0.2, 0.25) is 0 Å². The van der Waals surface area contributed by atoms with Crippen molar-refractivity contribution in [3.63, 3.8) is 0 Å². The lowest BCUT2D eigenvalue weighted by atomic mass is 9.92. The second kappa shape index (κ2) is 4.71. The quantitative estimate of drug-likeness (QED) is 0.835. The molecule has 2 atom stereocenters. The molecule has 0 fully saturated rings. The molecule has 0 saturated heterocycles. The molecule has 1 heterocycles. The Morgan fingerprint density at radius 3 is 2.88 bits per heavy atom. The Morgan fingerprint density at radius 2 is 2.18 bits per heavy atom. The number of likely N-dealkylation sites (N-methyl/N-ethyl adjacent to an activating group) is 1. The van der Waals surface area contributed by atoms with Crippen LogP contribution < -0.4 is 5.32 Å². The van der Waals surface area contributed by atoms with Crippen LogP contribution in [0.5, 0.6) is 0 Å². The number of halogens is 1. The standard InChI is InChI=1S/C14H18ClNO/c1-4-16-10(2)14(3,15)12-5-6-13-11(9-12)7-8-17-13/h5-10,16H,4H2,1-3H3. The summed E-state index contributed by atoms with van der Waals surface area (Å²) in [5.74, 6) is 0. The Balaban J connectivity index is 2.36. The lowest BCUT2D eigenvalue weighted by Gasteiger charge is -2.30. The van der Waals surface area contributed by atoms with E-state index in [-0.39, 0.29) is 6.04 Å². The second-order valence-corrected chi connectivity index (χ2v) is 5.31. The number of nitrogens with one attached hydrogen (secondary N) is 1. The molecule has 1 aromatic carbocycles. The Labute approximate surface area is 107 Å². The van der Waals surface area contributed by atoms with E-state index in [0.29, 0.717) is 0 Å². The fraction of sp³-hybridized carbons (Fsp3) is 0.429. The predicted molar refractivity (Wildman–Crippen MR) is 72.6 cm³/mol. The second-order valence-electron chi connectivity index (χ2n) is 4.53. The highest BCUT2D eigenvalue weighted by atomic mass is 35.5. The van der Waals surface area contributed by atoms with Gasteiger partial charge in [-0.3, -0.25) is 0 Å². The molecule has 3 heteroatoms. The molecule has 0 aliphatic heterocycles. The van der Waals surface area contributed by atoms with E-state index in [1.54, 1.807) is 6.26 Å². The van der Waals surface area contributed by atoms with Crippen LogP contribution in [0.25, 0.3) is 11.0 Å². The Kier molecular flexibility index (Phi) is 3.45. The summed E-state index contributed by atoms with van der Waals surface area (Å²) in [6, 6.07) is 8.28. The zero-order chi connectivity index (χ0) is 12.5. The van der Waals surface area contributed by atoms with Gasteiger partial charge in [0.25, 0.3) is 0 Å². The van der Waals surface area contributed by atoms with Crippen molar-refractivity contribution < 1.29 is 4.42 Å². The molecule has 0 aliphatic rings. The summed E-state index contributed by atoms with van der Waals surface area (Å²) >= 11 is 6.67. The molecule has 2 rings (SSSR count). The van der Waals surface area contributed by atoms with Gasteiger partial charge in [-0.2, -0.15) is 0 Å². The molecule has 0 amide bonds. The number of furan rings is 1. The lowest BCUT2D eigenvalue weighted by Crippen LogP contribution is -2.40. The number of fused-ring (bicyclic) bond motifs is 1. The number of benzene rings is 1. The summed E-state index contributed by atoms with van der Waals surface area (Å²) in [5.41, 5.74) is 2.01. The molecule has 0 aliphatic carbocycles. The zero-order valence-corrected chi connectivity index (χ0v) is 11.2. The van der Waals surface area contributed by atoms with Crippen molar-refractivity contribution in [2.24, 2.45) is 0 Å².